The van der Waals surface area contributed by atoms with Crippen molar-refractivity contribution in [3.8, 4) is 0 Å². The molecule has 1 heterocycles. The van der Waals surface area contributed by atoms with Gasteiger partial charge in [0.1, 0.15) is 12.0 Å². The van der Waals surface area contributed by atoms with Crippen molar-refractivity contribution < 1.29 is 9.63 Å². The second-order valence-electron chi connectivity index (χ2n) is 2.11. The van der Waals surface area contributed by atoms with Gasteiger partial charge in [-0.05, 0) is 13.0 Å². The summed E-state index contributed by atoms with van der Waals surface area (Å²) < 4.78 is 0. The Kier molecular flexibility index (Phi) is 2.42. The van der Waals surface area contributed by atoms with Gasteiger partial charge in [-0.3, -0.25) is 4.79 Å². The summed E-state index contributed by atoms with van der Waals surface area (Å²) in [6, 6.07) is 0. The molecule has 56 valence electrons. The summed E-state index contributed by atoms with van der Waals surface area (Å²) in [5, 5.41) is 3.03. The standard InChI is InChI=1S/C6H10N2O2/c7-10-6-3-8-2-1-5(6)4-9/h4,8H,1-3,7H2. The SMILES string of the molecule is NOC1=C(C=O)CCNC1. The molecule has 1 aliphatic heterocycles. The molecule has 0 unspecified atom stereocenters. The molecule has 0 saturated heterocycles. The van der Waals surface area contributed by atoms with E-state index in [4.69, 9.17) is 5.90 Å². The van der Waals surface area contributed by atoms with Crippen LogP contribution in [0.4, 0.5) is 0 Å². The van der Waals surface area contributed by atoms with Gasteiger partial charge in [0.15, 0.2) is 0 Å². The first kappa shape index (κ1) is 7.24. The minimum atomic E-state index is 0.557. The van der Waals surface area contributed by atoms with Crippen molar-refractivity contribution in [3.63, 3.8) is 0 Å². The third-order valence-corrected chi connectivity index (χ3v) is 1.50. The second-order valence-corrected chi connectivity index (χ2v) is 2.11. The van der Waals surface area contributed by atoms with Crippen molar-refractivity contribution >= 4 is 6.29 Å². The molecule has 4 nitrogen and oxygen atoms in total. The van der Waals surface area contributed by atoms with E-state index in [1.165, 1.54) is 0 Å². The molecule has 0 radical (unpaired) electrons. The van der Waals surface area contributed by atoms with Crippen LogP contribution >= 0.6 is 0 Å². The molecule has 0 aromatic carbocycles. The summed E-state index contributed by atoms with van der Waals surface area (Å²) in [6.45, 7) is 1.38. The van der Waals surface area contributed by atoms with Crippen LogP contribution in [0, 0.1) is 0 Å². The van der Waals surface area contributed by atoms with E-state index in [-0.39, 0.29) is 0 Å². The van der Waals surface area contributed by atoms with Crippen LogP contribution in [0.5, 0.6) is 0 Å². The van der Waals surface area contributed by atoms with Crippen LogP contribution in [0.3, 0.4) is 0 Å². The van der Waals surface area contributed by atoms with Gasteiger partial charge in [-0.15, -0.1) is 0 Å². The van der Waals surface area contributed by atoms with Crippen molar-refractivity contribution in [2.45, 2.75) is 6.42 Å². The third kappa shape index (κ3) is 1.34. The van der Waals surface area contributed by atoms with E-state index in [2.05, 4.69) is 10.2 Å². The molecule has 1 aliphatic rings. The molecule has 0 bridgehead atoms. The number of nitrogens with two attached hydrogens (primary N) is 1. The van der Waals surface area contributed by atoms with Crippen molar-refractivity contribution in [2.24, 2.45) is 5.90 Å². The van der Waals surface area contributed by atoms with Gasteiger partial charge in [-0.1, -0.05) is 0 Å². The maximum absolute atomic E-state index is 10.3. The highest BCUT2D eigenvalue weighted by Crippen LogP contribution is 2.08. The van der Waals surface area contributed by atoms with Gasteiger partial charge in [-0.2, -0.15) is 5.90 Å². The Bertz CT molecular complexity index is 165. The summed E-state index contributed by atoms with van der Waals surface area (Å²) in [5.74, 6) is 5.47. The predicted octanol–water partition coefficient (Wildman–Crippen LogP) is -0.677. The zero-order valence-electron chi connectivity index (χ0n) is 5.59. The van der Waals surface area contributed by atoms with Gasteiger partial charge < -0.3 is 10.2 Å². The number of carbonyl (C=O) groups excluding carboxylic acids is 1. The fourth-order valence-corrected chi connectivity index (χ4v) is 0.920. The average molecular weight is 142 g/mol. The quantitative estimate of drug-likeness (QED) is 0.396. The Balaban J connectivity index is 2.72. The predicted molar refractivity (Wildman–Crippen MR) is 35.8 cm³/mol. The number of hydrogen-bond donors (Lipinski definition) is 2. The van der Waals surface area contributed by atoms with Gasteiger partial charge in [0, 0.05) is 5.57 Å². The van der Waals surface area contributed by atoms with Gasteiger partial charge in [0.05, 0.1) is 6.54 Å². The zero-order valence-corrected chi connectivity index (χ0v) is 5.59. The van der Waals surface area contributed by atoms with Gasteiger partial charge in [0.2, 0.25) is 0 Å². The Morgan fingerprint density at radius 1 is 1.70 bits per heavy atom. The second kappa shape index (κ2) is 3.34. The zero-order chi connectivity index (χ0) is 7.40. The number of aldehydes is 1. The molecule has 0 spiro atoms. The summed E-state index contributed by atoms with van der Waals surface area (Å²) >= 11 is 0. The first-order valence-electron chi connectivity index (χ1n) is 3.13. The Labute approximate surface area is 59.0 Å². The number of rotatable bonds is 2. The third-order valence-electron chi connectivity index (χ3n) is 1.50. The highest BCUT2D eigenvalue weighted by Gasteiger charge is 2.11. The van der Waals surface area contributed by atoms with Crippen LogP contribution in [-0.2, 0) is 9.63 Å². The molecule has 1 rings (SSSR count). The van der Waals surface area contributed by atoms with Crippen LogP contribution in [0.2, 0.25) is 0 Å². The molecule has 10 heavy (non-hydrogen) atoms. The van der Waals surface area contributed by atoms with E-state index < -0.39 is 0 Å². The molecular weight excluding hydrogens is 132 g/mol. The molecule has 0 saturated carbocycles. The number of hydrogen-bond acceptors (Lipinski definition) is 4. The summed E-state index contributed by atoms with van der Waals surface area (Å²) in [7, 11) is 0. The lowest BCUT2D eigenvalue weighted by atomic mass is 10.1. The van der Waals surface area contributed by atoms with E-state index in [1.807, 2.05) is 0 Å². The Morgan fingerprint density at radius 3 is 3.00 bits per heavy atom. The summed E-state index contributed by atoms with van der Waals surface area (Å²) in [5.41, 5.74) is 0.668. The number of nitrogens with one attached hydrogen (secondary N) is 1. The first-order valence-corrected chi connectivity index (χ1v) is 3.13. The van der Waals surface area contributed by atoms with Crippen LogP contribution in [0.15, 0.2) is 11.3 Å². The average Bonchev–Trinajstić information content (AvgIpc) is 2.04. The smallest absolute Gasteiger partial charge is 0.149 e. The van der Waals surface area contributed by atoms with Crippen LogP contribution in [0.1, 0.15) is 6.42 Å². The number of carbonyl (C=O) groups is 1. The minimum absolute atomic E-state index is 0.557. The van der Waals surface area contributed by atoms with Crippen molar-refractivity contribution in [2.75, 3.05) is 13.1 Å². The minimum Gasteiger partial charge on any atom is -0.414 e. The van der Waals surface area contributed by atoms with E-state index in [0.717, 1.165) is 12.8 Å². The van der Waals surface area contributed by atoms with Gasteiger partial charge in [0.25, 0.3) is 0 Å². The molecule has 3 N–H and O–H groups in total. The lowest BCUT2D eigenvalue weighted by Crippen LogP contribution is -2.27. The highest BCUT2D eigenvalue weighted by molar-refractivity contribution is 5.74. The van der Waals surface area contributed by atoms with Gasteiger partial charge >= 0.3 is 0 Å². The molecule has 0 aromatic heterocycles. The lowest BCUT2D eigenvalue weighted by Gasteiger charge is -2.15. The molecule has 4 heteroatoms. The summed E-state index contributed by atoms with van der Waals surface area (Å²) in [4.78, 5) is 14.8. The van der Waals surface area contributed by atoms with E-state index >= 15 is 0 Å². The highest BCUT2D eigenvalue weighted by atomic mass is 16.6. The fourth-order valence-electron chi connectivity index (χ4n) is 0.920. The van der Waals surface area contributed by atoms with Crippen LogP contribution in [0.25, 0.3) is 0 Å². The normalized spacial score (nSPS) is 18.9. The molecule has 0 aromatic rings. The maximum Gasteiger partial charge on any atom is 0.149 e. The first-order chi connectivity index (χ1) is 4.88. The monoisotopic (exact) mass is 142 g/mol. The van der Waals surface area contributed by atoms with Crippen molar-refractivity contribution in [1.29, 1.82) is 0 Å². The van der Waals surface area contributed by atoms with E-state index in [1.54, 1.807) is 0 Å². The van der Waals surface area contributed by atoms with Crippen molar-refractivity contribution in [1.82, 2.24) is 5.32 Å². The molecular formula is C6H10N2O2. The van der Waals surface area contributed by atoms with Crippen LogP contribution < -0.4 is 11.2 Å². The molecule has 0 aliphatic carbocycles. The molecule has 0 atom stereocenters. The molecule has 0 fully saturated rings. The van der Waals surface area contributed by atoms with Gasteiger partial charge in [-0.25, -0.2) is 0 Å². The van der Waals surface area contributed by atoms with E-state index in [9.17, 15) is 4.79 Å². The van der Waals surface area contributed by atoms with E-state index in [0.29, 0.717) is 24.3 Å². The van der Waals surface area contributed by atoms with Crippen LogP contribution in [-0.4, -0.2) is 19.4 Å². The van der Waals surface area contributed by atoms with Crippen molar-refractivity contribution in [3.05, 3.63) is 11.3 Å². The topological polar surface area (TPSA) is 64.3 Å². The largest absolute Gasteiger partial charge is 0.414 e. The summed E-state index contributed by atoms with van der Waals surface area (Å²) in [6.07, 6.45) is 1.50. The molecule has 0 amide bonds. The lowest BCUT2D eigenvalue weighted by molar-refractivity contribution is -0.105. The Hall–Kier alpha value is -0.870. The Morgan fingerprint density at radius 2 is 2.50 bits per heavy atom. The maximum atomic E-state index is 10.3. The fraction of sp³-hybridized carbons (Fsp3) is 0.500.